The molecule has 0 aliphatic carbocycles. The lowest BCUT2D eigenvalue weighted by Crippen LogP contribution is -2.49. The van der Waals surface area contributed by atoms with Gasteiger partial charge in [0, 0.05) is 37.8 Å². The predicted molar refractivity (Wildman–Crippen MR) is 82.2 cm³/mol. The molecular weight excluding hydrogens is 246 g/mol. The molecule has 1 atom stereocenters. The van der Waals surface area contributed by atoms with E-state index in [1.165, 1.54) is 44.6 Å². The van der Waals surface area contributed by atoms with Gasteiger partial charge < -0.3 is 5.73 Å². The van der Waals surface area contributed by atoms with Gasteiger partial charge in [-0.25, -0.2) is 0 Å². The SMILES string of the molecule is NCC#Cc1ccccc1CN1CCN2CCCC2C1. The average molecular weight is 269 g/mol. The number of hydrogen-bond acceptors (Lipinski definition) is 3. The maximum absolute atomic E-state index is 5.48. The van der Waals surface area contributed by atoms with Crippen LogP contribution in [0.5, 0.6) is 0 Å². The summed E-state index contributed by atoms with van der Waals surface area (Å²) in [5.74, 6) is 6.17. The Morgan fingerprint density at radius 1 is 1.20 bits per heavy atom. The first-order valence-electron chi connectivity index (χ1n) is 7.60. The minimum Gasteiger partial charge on any atom is -0.320 e. The summed E-state index contributed by atoms with van der Waals surface area (Å²) < 4.78 is 0. The number of rotatable bonds is 2. The maximum Gasteiger partial charge on any atom is 0.0555 e. The fourth-order valence-electron chi connectivity index (χ4n) is 3.37. The molecule has 20 heavy (non-hydrogen) atoms. The molecule has 0 radical (unpaired) electrons. The zero-order valence-electron chi connectivity index (χ0n) is 12.0. The maximum atomic E-state index is 5.48. The quantitative estimate of drug-likeness (QED) is 0.821. The van der Waals surface area contributed by atoms with Crippen LogP contribution in [-0.2, 0) is 6.54 Å². The third kappa shape index (κ3) is 3.04. The number of fused-ring (bicyclic) bond motifs is 1. The molecule has 0 bridgehead atoms. The van der Waals surface area contributed by atoms with E-state index >= 15 is 0 Å². The van der Waals surface area contributed by atoms with E-state index in [1.807, 2.05) is 0 Å². The first-order valence-corrected chi connectivity index (χ1v) is 7.60. The summed E-state index contributed by atoms with van der Waals surface area (Å²) in [6.07, 6.45) is 2.74. The second-order valence-electron chi connectivity index (χ2n) is 5.73. The van der Waals surface area contributed by atoms with Crippen molar-refractivity contribution in [1.82, 2.24) is 9.80 Å². The third-order valence-electron chi connectivity index (χ3n) is 4.41. The van der Waals surface area contributed by atoms with Crippen LogP contribution in [0.2, 0.25) is 0 Å². The molecule has 2 saturated heterocycles. The fourth-order valence-corrected chi connectivity index (χ4v) is 3.37. The number of nitrogens with zero attached hydrogens (tertiary/aromatic N) is 2. The number of nitrogens with two attached hydrogens (primary N) is 1. The van der Waals surface area contributed by atoms with Crippen LogP contribution in [0.1, 0.15) is 24.0 Å². The lowest BCUT2D eigenvalue weighted by Gasteiger charge is -2.37. The van der Waals surface area contributed by atoms with Gasteiger partial charge in [-0.3, -0.25) is 9.80 Å². The van der Waals surface area contributed by atoms with Crippen molar-refractivity contribution in [2.75, 3.05) is 32.7 Å². The highest BCUT2D eigenvalue weighted by Crippen LogP contribution is 2.23. The van der Waals surface area contributed by atoms with E-state index in [2.05, 4.69) is 45.9 Å². The van der Waals surface area contributed by atoms with Gasteiger partial charge in [0.15, 0.2) is 0 Å². The summed E-state index contributed by atoms with van der Waals surface area (Å²) in [7, 11) is 0. The first-order chi connectivity index (χ1) is 9.86. The predicted octanol–water partition coefficient (Wildman–Crippen LogP) is 1.28. The van der Waals surface area contributed by atoms with Crippen molar-refractivity contribution >= 4 is 0 Å². The van der Waals surface area contributed by atoms with Crippen molar-refractivity contribution in [2.24, 2.45) is 5.73 Å². The molecule has 106 valence electrons. The van der Waals surface area contributed by atoms with Crippen molar-refractivity contribution in [2.45, 2.75) is 25.4 Å². The van der Waals surface area contributed by atoms with Crippen LogP contribution in [0.4, 0.5) is 0 Å². The number of benzene rings is 1. The van der Waals surface area contributed by atoms with Gasteiger partial charge in [0.05, 0.1) is 6.54 Å². The molecule has 2 aliphatic rings. The average Bonchev–Trinajstić information content (AvgIpc) is 2.94. The molecule has 1 aromatic carbocycles. The molecule has 2 heterocycles. The van der Waals surface area contributed by atoms with Crippen LogP contribution >= 0.6 is 0 Å². The van der Waals surface area contributed by atoms with Gasteiger partial charge in [-0.1, -0.05) is 30.0 Å². The van der Waals surface area contributed by atoms with Crippen LogP contribution < -0.4 is 5.73 Å². The van der Waals surface area contributed by atoms with Crippen molar-refractivity contribution in [1.29, 1.82) is 0 Å². The Balaban J connectivity index is 1.68. The van der Waals surface area contributed by atoms with E-state index in [-0.39, 0.29) is 0 Å². The van der Waals surface area contributed by atoms with Gasteiger partial charge in [0.25, 0.3) is 0 Å². The normalized spacial score (nSPS) is 23.1. The van der Waals surface area contributed by atoms with Gasteiger partial charge in [0.2, 0.25) is 0 Å². The zero-order chi connectivity index (χ0) is 13.8. The van der Waals surface area contributed by atoms with Crippen LogP contribution in [0.3, 0.4) is 0 Å². The minimum absolute atomic E-state index is 0.426. The molecule has 2 fully saturated rings. The number of piperazine rings is 1. The van der Waals surface area contributed by atoms with Crippen LogP contribution in [0.15, 0.2) is 24.3 Å². The Hall–Kier alpha value is -1.34. The zero-order valence-corrected chi connectivity index (χ0v) is 12.0. The molecule has 0 aromatic heterocycles. The summed E-state index contributed by atoms with van der Waals surface area (Å²) in [6.45, 7) is 6.35. The fraction of sp³-hybridized carbons (Fsp3) is 0.529. The molecule has 0 spiro atoms. The van der Waals surface area contributed by atoms with Crippen LogP contribution in [0.25, 0.3) is 0 Å². The standard InChI is InChI=1S/C17H23N3/c18-9-3-7-15-5-1-2-6-16(15)13-19-11-12-20-10-4-8-17(20)14-19/h1-2,5-6,17H,4,8-14,18H2. The molecule has 2 aliphatic heterocycles. The van der Waals surface area contributed by atoms with E-state index < -0.39 is 0 Å². The van der Waals surface area contributed by atoms with E-state index in [0.29, 0.717) is 6.54 Å². The summed E-state index contributed by atoms with van der Waals surface area (Å²) in [6, 6.07) is 9.24. The highest BCUT2D eigenvalue weighted by Gasteiger charge is 2.30. The molecule has 2 N–H and O–H groups in total. The highest BCUT2D eigenvalue weighted by molar-refractivity contribution is 5.41. The van der Waals surface area contributed by atoms with E-state index in [0.717, 1.165) is 18.2 Å². The molecule has 3 nitrogen and oxygen atoms in total. The lowest BCUT2D eigenvalue weighted by molar-refractivity contribution is 0.0993. The molecule has 3 heteroatoms. The van der Waals surface area contributed by atoms with Gasteiger partial charge in [0.1, 0.15) is 0 Å². The second kappa shape index (κ2) is 6.41. The summed E-state index contributed by atoms with van der Waals surface area (Å²) in [5.41, 5.74) is 7.94. The van der Waals surface area contributed by atoms with E-state index in [4.69, 9.17) is 5.73 Å². The molecule has 1 aromatic rings. The molecule has 3 rings (SSSR count). The van der Waals surface area contributed by atoms with Crippen molar-refractivity contribution < 1.29 is 0 Å². The van der Waals surface area contributed by atoms with E-state index in [9.17, 15) is 0 Å². The highest BCUT2D eigenvalue weighted by atomic mass is 15.3. The topological polar surface area (TPSA) is 32.5 Å². The Morgan fingerprint density at radius 3 is 3.00 bits per heavy atom. The van der Waals surface area contributed by atoms with Crippen LogP contribution in [0, 0.1) is 11.8 Å². The first kappa shape index (κ1) is 13.6. The lowest BCUT2D eigenvalue weighted by atomic mass is 10.1. The van der Waals surface area contributed by atoms with Crippen molar-refractivity contribution in [3.8, 4) is 11.8 Å². The summed E-state index contributed by atoms with van der Waals surface area (Å²) >= 11 is 0. The Labute approximate surface area is 121 Å². The molecule has 1 unspecified atom stereocenters. The van der Waals surface area contributed by atoms with Gasteiger partial charge in [-0.2, -0.15) is 0 Å². The Bertz CT molecular complexity index is 514. The second-order valence-corrected chi connectivity index (χ2v) is 5.73. The third-order valence-corrected chi connectivity index (χ3v) is 4.41. The summed E-state index contributed by atoms with van der Waals surface area (Å²) in [4.78, 5) is 5.23. The monoisotopic (exact) mass is 269 g/mol. The molecule has 0 saturated carbocycles. The Kier molecular flexibility index (Phi) is 4.37. The smallest absolute Gasteiger partial charge is 0.0555 e. The van der Waals surface area contributed by atoms with E-state index in [1.54, 1.807) is 0 Å². The minimum atomic E-state index is 0.426. The van der Waals surface area contributed by atoms with Crippen LogP contribution in [-0.4, -0.2) is 48.6 Å². The van der Waals surface area contributed by atoms with Crippen molar-refractivity contribution in [3.63, 3.8) is 0 Å². The Morgan fingerprint density at radius 2 is 2.10 bits per heavy atom. The molecule has 0 amide bonds. The van der Waals surface area contributed by atoms with Gasteiger partial charge in [-0.15, -0.1) is 0 Å². The van der Waals surface area contributed by atoms with Gasteiger partial charge >= 0.3 is 0 Å². The largest absolute Gasteiger partial charge is 0.320 e. The number of hydrogen-bond donors (Lipinski definition) is 1. The molecular formula is C17H23N3. The summed E-state index contributed by atoms with van der Waals surface area (Å²) in [5, 5.41) is 0. The van der Waals surface area contributed by atoms with Gasteiger partial charge in [-0.05, 0) is 31.0 Å². The van der Waals surface area contributed by atoms with Crippen molar-refractivity contribution in [3.05, 3.63) is 35.4 Å².